The molecule has 1 unspecified atom stereocenters. The predicted molar refractivity (Wildman–Crippen MR) is 184 cm³/mol. The number of aromatic nitrogens is 4. The second-order valence-corrected chi connectivity index (χ2v) is 11.4. The van der Waals surface area contributed by atoms with Crippen LogP contribution >= 0.6 is 0 Å². The summed E-state index contributed by atoms with van der Waals surface area (Å²) in [6, 6.07) is 41.4. The first-order valence-corrected chi connectivity index (χ1v) is 15.9. The summed E-state index contributed by atoms with van der Waals surface area (Å²) in [4.78, 5) is 18.0. The Kier molecular flexibility index (Phi) is 9.35. The number of hydrogen-bond donors (Lipinski definition) is 1. The molecule has 0 saturated carbocycles. The van der Waals surface area contributed by atoms with Crippen molar-refractivity contribution in [2.24, 2.45) is 0 Å². The molecule has 2 aromatic heterocycles. The van der Waals surface area contributed by atoms with Gasteiger partial charge in [0.05, 0.1) is 11.1 Å². The van der Waals surface area contributed by atoms with Crippen LogP contribution in [0.5, 0.6) is 0 Å². The number of nitrogens with one attached hydrogen (secondary N) is 1. The molecule has 0 bridgehead atoms. The summed E-state index contributed by atoms with van der Waals surface area (Å²) in [5.41, 5.74) is 8.17. The number of hydrogen-bond acceptors (Lipinski definition) is 5. The van der Waals surface area contributed by atoms with Crippen molar-refractivity contribution in [1.82, 2.24) is 19.9 Å². The minimum Gasteiger partial charge on any atom is -0.345 e. The van der Waals surface area contributed by atoms with Crippen LogP contribution in [-0.2, 0) is 12.0 Å². The zero-order valence-corrected chi connectivity index (χ0v) is 26.0. The van der Waals surface area contributed by atoms with E-state index >= 15 is 0 Å². The van der Waals surface area contributed by atoms with Gasteiger partial charge >= 0.3 is 0 Å². The second-order valence-electron chi connectivity index (χ2n) is 11.4. The molecule has 5 heteroatoms. The van der Waals surface area contributed by atoms with Gasteiger partial charge in [-0.3, -0.25) is 0 Å². The van der Waals surface area contributed by atoms with Crippen molar-refractivity contribution in [2.45, 2.75) is 51.0 Å². The highest BCUT2D eigenvalue weighted by atomic mass is 15.1. The Hall–Kier alpha value is -5.16. The summed E-state index contributed by atoms with van der Waals surface area (Å²) in [6.45, 7) is 4.44. The van der Waals surface area contributed by atoms with E-state index < -0.39 is 0 Å². The van der Waals surface area contributed by atoms with Crippen molar-refractivity contribution in [3.05, 3.63) is 162 Å². The summed E-state index contributed by atoms with van der Waals surface area (Å²) in [7, 11) is 0. The van der Waals surface area contributed by atoms with E-state index in [1.807, 2.05) is 0 Å². The Labute approximate surface area is 266 Å². The third-order valence-corrected chi connectivity index (χ3v) is 8.87. The molecule has 0 saturated heterocycles. The van der Waals surface area contributed by atoms with E-state index in [-0.39, 0.29) is 5.54 Å². The average molecular weight is 590 g/mol. The molecule has 0 spiro atoms. The van der Waals surface area contributed by atoms with Crippen LogP contribution in [0.25, 0.3) is 22.5 Å². The Morgan fingerprint density at radius 3 is 1.87 bits per heavy atom. The highest BCUT2D eigenvalue weighted by Gasteiger charge is 2.32. The fourth-order valence-corrected chi connectivity index (χ4v) is 6.26. The fourth-order valence-electron chi connectivity index (χ4n) is 6.26. The standard InChI is InChI=1S/C40H39N5/c1-3-40(4-2,45-39-43-28-34(29-44-39)38-41-26-13-27-42-38)37-19-12-11-18-36(37)33-23-21-32(22-24-33)35(31-16-9-6-10-17-31)25-20-30-14-7-5-8-15-30/h5-19,21-24,26-29,35H,3-4,20,25H2,1-2H3,(H,43,44,45). The van der Waals surface area contributed by atoms with Crippen LogP contribution in [0.1, 0.15) is 61.3 Å². The Morgan fingerprint density at radius 1 is 0.600 bits per heavy atom. The van der Waals surface area contributed by atoms with Gasteiger partial charge in [-0.05, 0) is 65.1 Å². The zero-order valence-electron chi connectivity index (χ0n) is 26.0. The molecule has 0 fully saturated rings. The van der Waals surface area contributed by atoms with Crippen LogP contribution in [-0.4, -0.2) is 19.9 Å². The van der Waals surface area contributed by atoms with E-state index in [0.29, 0.717) is 17.7 Å². The third kappa shape index (κ3) is 6.83. The Morgan fingerprint density at radius 2 is 1.20 bits per heavy atom. The molecular weight excluding hydrogens is 550 g/mol. The molecule has 0 aliphatic carbocycles. The number of rotatable bonds is 12. The van der Waals surface area contributed by atoms with Crippen LogP contribution in [0.15, 0.2) is 140 Å². The summed E-state index contributed by atoms with van der Waals surface area (Å²) in [6.07, 6.45) is 10.9. The van der Waals surface area contributed by atoms with Gasteiger partial charge in [-0.25, -0.2) is 19.9 Å². The highest BCUT2D eigenvalue weighted by Crippen LogP contribution is 2.39. The molecule has 1 N–H and O–H groups in total. The van der Waals surface area contributed by atoms with Crippen molar-refractivity contribution < 1.29 is 0 Å². The third-order valence-electron chi connectivity index (χ3n) is 8.87. The van der Waals surface area contributed by atoms with Gasteiger partial charge in [0.25, 0.3) is 0 Å². The maximum Gasteiger partial charge on any atom is 0.223 e. The van der Waals surface area contributed by atoms with Crippen molar-refractivity contribution in [2.75, 3.05) is 5.32 Å². The van der Waals surface area contributed by atoms with Gasteiger partial charge < -0.3 is 5.32 Å². The smallest absolute Gasteiger partial charge is 0.223 e. The summed E-state index contributed by atoms with van der Waals surface area (Å²) in [5.74, 6) is 1.53. The van der Waals surface area contributed by atoms with Crippen LogP contribution in [0.3, 0.4) is 0 Å². The largest absolute Gasteiger partial charge is 0.345 e. The van der Waals surface area contributed by atoms with Gasteiger partial charge in [-0.2, -0.15) is 0 Å². The molecule has 45 heavy (non-hydrogen) atoms. The van der Waals surface area contributed by atoms with Crippen molar-refractivity contribution in [1.29, 1.82) is 0 Å². The van der Waals surface area contributed by atoms with E-state index in [1.165, 1.54) is 33.4 Å². The number of nitrogens with zero attached hydrogens (tertiary/aromatic N) is 4. The summed E-state index contributed by atoms with van der Waals surface area (Å²) >= 11 is 0. The van der Waals surface area contributed by atoms with Gasteiger partial charge in [0, 0.05) is 30.7 Å². The van der Waals surface area contributed by atoms with E-state index in [9.17, 15) is 0 Å². The van der Waals surface area contributed by atoms with Crippen molar-refractivity contribution in [3.63, 3.8) is 0 Å². The summed E-state index contributed by atoms with van der Waals surface area (Å²) < 4.78 is 0. The fraction of sp³-hybridized carbons (Fsp3) is 0.200. The molecule has 0 radical (unpaired) electrons. The molecule has 0 amide bonds. The lowest BCUT2D eigenvalue weighted by Crippen LogP contribution is -2.35. The molecule has 2 heterocycles. The lowest BCUT2D eigenvalue weighted by molar-refractivity contribution is 0.452. The quantitative estimate of drug-likeness (QED) is 0.154. The molecule has 4 aromatic carbocycles. The maximum atomic E-state index is 4.66. The topological polar surface area (TPSA) is 63.6 Å². The number of aryl methyl sites for hydroxylation is 1. The molecule has 6 aromatic rings. The molecule has 0 aliphatic rings. The van der Waals surface area contributed by atoms with E-state index in [1.54, 1.807) is 30.9 Å². The molecule has 224 valence electrons. The first-order chi connectivity index (χ1) is 22.2. The van der Waals surface area contributed by atoms with E-state index in [2.05, 4.69) is 148 Å². The zero-order chi connectivity index (χ0) is 30.9. The van der Waals surface area contributed by atoms with Gasteiger partial charge in [-0.15, -0.1) is 0 Å². The number of anilines is 1. The van der Waals surface area contributed by atoms with Gasteiger partial charge in [-0.1, -0.05) is 123 Å². The Bertz CT molecular complexity index is 1770. The van der Waals surface area contributed by atoms with Gasteiger partial charge in [0.2, 0.25) is 5.95 Å². The van der Waals surface area contributed by atoms with Gasteiger partial charge in [0.1, 0.15) is 0 Å². The lowest BCUT2D eigenvalue weighted by atomic mass is 9.80. The molecule has 5 nitrogen and oxygen atoms in total. The minimum atomic E-state index is -0.345. The lowest BCUT2D eigenvalue weighted by Gasteiger charge is -2.35. The number of benzene rings is 4. The predicted octanol–water partition coefficient (Wildman–Crippen LogP) is 9.49. The molecule has 6 rings (SSSR count). The van der Waals surface area contributed by atoms with Crippen molar-refractivity contribution >= 4 is 5.95 Å². The van der Waals surface area contributed by atoms with Crippen LogP contribution < -0.4 is 5.32 Å². The van der Waals surface area contributed by atoms with E-state index in [0.717, 1.165) is 31.2 Å². The summed E-state index contributed by atoms with van der Waals surface area (Å²) in [5, 5.41) is 3.72. The molecular formula is C40H39N5. The first kappa shape index (κ1) is 29.9. The maximum absolute atomic E-state index is 4.66. The first-order valence-electron chi connectivity index (χ1n) is 15.9. The second kappa shape index (κ2) is 14.1. The van der Waals surface area contributed by atoms with Crippen LogP contribution in [0, 0.1) is 0 Å². The minimum absolute atomic E-state index is 0.323. The average Bonchev–Trinajstić information content (AvgIpc) is 3.13. The molecule has 0 aliphatic heterocycles. The van der Waals surface area contributed by atoms with E-state index in [4.69, 9.17) is 0 Å². The van der Waals surface area contributed by atoms with Crippen LogP contribution in [0.4, 0.5) is 5.95 Å². The van der Waals surface area contributed by atoms with Gasteiger partial charge in [0.15, 0.2) is 5.82 Å². The Balaban J connectivity index is 1.28. The normalized spacial score (nSPS) is 12.0. The highest BCUT2D eigenvalue weighted by molar-refractivity contribution is 5.70. The van der Waals surface area contributed by atoms with Crippen molar-refractivity contribution in [3.8, 4) is 22.5 Å². The monoisotopic (exact) mass is 589 g/mol. The van der Waals surface area contributed by atoms with Crippen LogP contribution in [0.2, 0.25) is 0 Å². The molecule has 1 atom stereocenters. The SMILES string of the molecule is CCC(CC)(Nc1ncc(-c2ncccn2)cn1)c1ccccc1-c1ccc(C(CCc2ccccc2)c2ccccc2)cc1.